The van der Waals surface area contributed by atoms with Crippen molar-refractivity contribution in [2.45, 2.75) is 43.2 Å². The molecule has 2 fully saturated rings. The quantitative estimate of drug-likeness (QED) is 0.499. The predicted molar refractivity (Wildman–Crippen MR) is 142 cm³/mol. The molecular formula is C30H30N5O3+. The molecule has 8 heteroatoms. The first-order valence-corrected chi connectivity index (χ1v) is 13.4. The highest BCUT2D eigenvalue weighted by molar-refractivity contribution is 6.06. The number of piperazine rings is 1. The van der Waals surface area contributed by atoms with Crippen LogP contribution in [0.4, 0.5) is 11.5 Å². The first-order chi connectivity index (χ1) is 18.5. The summed E-state index contributed by atoms with van der Waals surface area (Å²) in [5, 5.41) is 5.96. The molecule has 8 nitrogen and oxygen atoms in total. The Kier molecular flexibility index (Phi) is 5.33. The minimum Gasteiger partial charge on any atom is -0.325 e. The van der Waals surface area contributed by atoms with Gasteiger partial charge in [0.05, 0.1) is 12.0 Å². The molecule has 3 aliphatic heterocycles. The highest BCUT2D eigenvalue weighted by Gasteiger charge is 2.51. The number of nitrogens with zero attached hydrogens (tertiary/aromatic N) is 2. The van der Waals surface area contributed by atoms with Crippen molar-refractivity contribution < 1.29 is 19.3 Å². The van der Waals surface area contributed by atoms with Crippen LogP contribution in [0.1, 0.15) is 41.1 Å². The number of rotatable bonds is 4. The summed E-state index contributed by atoms with van der Waals surface area (Å²) in [5.41, 5.74) is 4.20. The number of nitrogens with one attached hydrogen (secondary N) is 3. The van der Waals surface area contributed by atoms with Gasteiger partial charge in [0.2, 0.25) is 11.8 Å². The Morgan fingerprint density at radius 1 is 1.08 bits per heavy atom. The summed E-state index contributed by atoms with van der Waals surface area (Å²) in [4.78, 5) is 47.2. The summed E-state index contributed by atoms with van der Waals surface area (Å²) in [5.74, 6) is 0.483. The third kappa shape index (κ3) is 3.62. The molecule has 0 saturated carbocycles. The standard InChI is InChI=1S/C30H29N5O3/c36-26(18-35-25(19-6-2-1-3-7-19)17-34-13-5-9-24(34)28(35)37)32-22-11-10-20-15-30(16-21(20)14-22)23-8-4-12-31-27(23)33-29(30)38/h1-4,6-8,10-12,14,24-25H,5,9,13,15-18H2,(H,32,36)(H,31,33,38)/p+1/t24-,25+,30+/m0/s1. The SMILES string of the molecule is O=C(CN1C(=O)[C@@H]2CCC[NH+]2C[C@@H]1c1ccccc1)Nc1ccc2c(c1)C[C@@]1(C2)C(=O)Nc2ncccc21. The van der Waals surface area contributed by atoms with E-state index in [9.17, 15) is 14.4 Å². The fraction of sp³-hybridized carbons (Fsp3) is 0.333. The van der Waals surface area contributed by atoms with E-state index in [0.717, 1.165) is 48.2 Å². The number of anilines is 2. The number of pyridine rings is 1. The second kappa shape index (κ2) is 8.77. The van der Waals surface area contributed by atoms with Gasteiger partial charge in [-0.1, -0.05) is 42.5 Å². The molecule has 192 valence electrons. The van der Waals surface area contributed by atoms with Crippen molar-refractivity contribution in [2.24, 2.45) is 0 Å². The van der Waals surface area contributed by atoms with Crippen LogP contribution < -0.4 is 15.5 Å². The number of hydrogen-bond acceptors (Lipinski definition) is 4. The second-order valence-electron chi connectivity index (χ2n) is 11.0. The van der Waals surface area contributed by atoms with Crippen molar-refractivity contribution in [1.82, 2.24) is 9.88 Å². The molecule has 2 aromatic carbocycles. The van der Waals surface area contributed by atoms with Gasteiger partial charge >= 0.3 is 0 Å². The molecule has 0 radical (unpaired) electrons. The summed E-state index contributed by atoms with van der Waals surface area (Å²) >= 11 is 0. The van der Waals surface area contributed by atoms with Gasteiger partial charge in [-0.05, 0) is 47.7 Å². The van der Waals surface area contributed by atoms with Crippen LogP contribution in [0, 0.1) is 0 Å². The van der Waals surface area contributed by atoms with Crippen molar-refractivity contribution >= 4 is 29.2 Å². The number of amides is 3. The zero-order valence-corrected chi connectivity index (χ0v) is 21.1. The van der Waals surface area contributed by atoms with Crippen LogP contribution in [0.15, 0.2) is 66.9 Å². The van der Waals surface area contributed by atoms with E-state index in [0.29, 0.717) is 24.3 Å². The summed E-state index contributed by atoms with van der Waals surface area (Å²) in [6.45, 7) is 1.85. The number of carbonyl (C=O) groups is 3. The number of quaternary nitrogens is 1. The zero-order valence-electron chi connectivity index (χ0n) is 21.1. The molecule has 7 rings (SSSR count). The van der Waals surface area contributed by atoms with Gasteiger partial charge < -0.3 is 20.4 Å². The van der Waals surface area contributed by atoms with Gasteiger partial charge in [-0.2, -0.15) is 0 Å². The topological polar surface area (TPSA) is 95.8 Å². The second-order valence-corrected chi connectivity index (χ2v) is 11.0. The lowest BCUT2D eigenvalue weighted by Gasteiger charge is -2.40. The lowest BCUT2D eigenvalue weighted by Crippen LogP contribution is -3.17. The van der Waals surface area contributed by atoms with Crippen molar-refractivity contribution in [2.75, 3.05) is 30.3 Å². The van der Waals surface area contributed by atoms with Gasteiger partial charge in [-0.3, -0.25) is 14.4 Å². The number of carbonyl (C=O) groups excluding carboxylic acids is 3. The van der Waals surface area contributed by atoms with Crippen LogP contribution in [-0.2, 0) is 32.6 Å². The fourth-order valence-electron chi connectivity index (χ4n) is 7.03. The Balaban J connectivity index is 1.10. The minimum atomic E-state index is -0.646. The van der Waals surface area contributed by atoms with Gasteiger partial charge in [-0.25, -0.2) is 4.98 Å². The van der Waals surface area contributed by atoms with Gasteiger partial charge in [0.25, 0.3) is 5.91 Å². The Bertz CT molecular complexity index is 1460. The Labute approximate surface area is 221 Å². The van der Waals surface area contributed by atoms with Crippen molar-refractivity contribution in [3.05, 3.63) is 89.1 Å². The van der Waals surface area contributed by atoms with Gasteiger partial charge in [0.15, 0.2) is 6.04 Å². The molecule has 0 bridgehead atoms. The number of benzene rings is 2. The van der Waals surface area contributed by atoms with Crippen LogP contribution in [0.25, 0.3) is 0 Å². The van der Waals surface area contributed by atoms with Gasteiger partial charge in [-0.15, -0.1) is 0 Å². The summed E-state index contributed by atoms with van der Waals surface area (Å²) in [7, 11) is 0. The van der Waals surface area contributed by atoms with Crippen LogP contribution in [0.5, 0.6) is 0 Å². The predicted octanol–water partition coefficient (Wildman–Crippen LogP) is 1.64. The van der Waals surface area contributed by atoms with E-state index >= 15 is 0 Å². The third-order valence-electron chi connectivity index (χ3n) is 8.86. The summed E-state index contributed by atoms with van der Waals surface area (Å²) in [6.07, 6.45) is 4.80. The summed E-state index contributed by atoms with van der Waals surface area (Å²) < 4.78 is 0. The molecule has 1 aromatic heterocycles. The lowest BCUT2D eigenvalue weighted by molar-refractivity contribution is -0.910. The molecule has 4 heterocycles. The number of hydrogen-bond donors (Lipinski definition) is 3. The molecule has 1 unspecified atom stereocenters. The maximum atomic E-state index is 13.5. The van der Waals surface area contributed by atoms with E-state index in [1.807, 2.05) is 60.7 Å². The maximum absolute atomic E-state index is 13.5. The molecule has 3 aromatic rings. The molecule has 38 heavy (non-hydrogen) atoms. The van der Waals surface area contributed by atoms with E-state index in [-0.39, 0.29) is 36.3 Å². The molecule has 2 saturated heterocycles. The van der Waals surface area contributed by atoms with Gasteiger partial charge in [0, 0.05) is 30.3 Å². The van der Waals surface area contributed by atoms with Crippen LogP contribution in [0.3, 0.4) is 0 Å². The number of fused-ring (bicyclic) bond motifs is 4. The Morgan fingerprint density at radius 3 is 2.79 bits per heavy atom. The molecule has 1 aliphatic carbocycles. The van der Waals surface area contributed by atoms with E-state index in [1.54, 1.807) is 11.1 Å². The van der Waals surface area contributed by atoms with E-state index < -0.39 is 5.41 Å². The summed E-state index contributed by atoms with van der Waals surface area (Å²) in [6, 6.07) is 19.6. The van der Waals surface area contributed by atoms with Crippen molar-refractivity contribution in [1.29, 1.82) is 0 Å². The van der Waals surface area contributed by atoms with Crippen molar-refractivity contribution in [3.8, 4) is 0 Å². The average Bonchev–Trinajstić information content (AvgIpc) is 3.62. The van der Waals surface area contributed by atoms with E-state index in [2.05, 4.69) is 15.6 Å². The molecule has 3 amide bonds. The largest absolute Gasteiger partial charge is 0.325 e. The Morgan fingerprint density at radius 2 is 1.92 bits per heavy atom. The molecular weight excluding hydrogens is 478 g/mol. The minimum absolute atomic E-state index is 0.0185. The molecule has 4 aliphatic rings. The Hall–Kier alpha value is -4.04. The molecule has 3 N–H and O–H groups in total. The molecule has 1 spiro atoms. The van der Waals surface area contributed by atoms with Gasteiger partial charge in [0.1, 0.15) is 24.9 Å². The van der Waals surface area contributed by atoms with Crippen molar-refractivity contribution in [3.63, 3.8) is 0 Å². The zero-order chi connectivity index (χ0) is 25.9. The van der Waals surface area contributed by atoms with Crippen LogP contribution in [-0.4, -0.2) is 53.3 Å². The van der Waals surface area contributed by atoms with E-state index in [4.69, 9.17) is 0 Å². The normalized spacial score (nSPS) is 27.2. The van der Waals surface area contributed by atoms with Crippen LogP contribution >= 0.6 is 0 Å². The maximum Gasteiger partial charge on any atom is 0.282 e. The highest BCUT2D eigenvalue weighted by Crippen LogP contribution is 2.46. The smallest absolute Gasteiger partial charge is 0.282 e. The highest BCUT2D eigenvalue weighted by atomic mass is 16.2. The fourth-order valence-corrected chi connectivity index (χ4v) is 7.03. The molecule has 4 atom stereocenters. The third-order valence-corrected chi connectivity index (χ3v) is 8.86. The average molecular weight is 509 g/mol. The van der Waals surface area contributed by atoms with E-state index in [1.165, 1.54) is 4.90 Å². The lowest BCUT2D eigenvalue weighted by atomic mass is 9.79. The first-order valence-electron chi connectivity index (χ1n) is 13.4. The monoisotopic (exact) mass is 508 g/mol. The first kappa shape index (κ1) is 23.1. The van der Waals surface area contributed by atoms with Crippen LogP contribution in [0.2, 0.25) is 0 Å². The number of aromatic nitrogens is 1.